The molecule has 0 spiro atoms. The Hall–Kier alpha value is -1.42. The van der Waals surface area contributed by atoms with Gasteiger partial charge >= 0.3 is 5.97 Å². The van der Waals surface area contributed by atoms with E-state index in [2.05, 4.69) is 19.9 Å². The van der Waals surface area contributed by atoms with E-state index < -0.39 is 5.60 Å². The highest BCUT2D eigenvalue weighted by atomic mass is 35.5. The minimum atomic E-state index is -1.03. The molecule has 0 N–H and O–H groups in total. The maximum Gasteiger partial charge on any atom is 0.303 e. The van der Waals surface area contributed by atoms with Crippen LogP contribution in [0.3, 0.4) is 0 Å². The second-order valence-electron chi connectivity index (χ2n) is 9.72. The summed E-state index contributed by atoms with van der Waals surface area (Å²) in [6.07, 6.45) is 8.48. The van der Waals surface area contributed by atoms with Gasteiger partial charge in [0.05, 0.1) is 0 Å². The van der Waals surface area contributed by atoms with Crippen molar-refractivity contribution in [1.82, 2.24) is 0 Å². The third-order valence-corrected chi connectivity index (χ3v) is 8.89. The van der Waals surface area contributed by atoms with Gasteiger partial charge in [0.2, 0.25) is 0 Å². The number of fused-ring (bicyclic) bond motifs is 5. The summed E-state index contributed by atoms with van der Waals surface area (Å²) in [4.78, 5) is 36.6. The van der Waals surface area contributed by atoms with Crippen molar-refractivity contribution in [3.8, 4) is 0 Å². The molecule has 1 unspecified atom stereocenters. The molecule has 5 heteroatoms. The van der Waals surface area contributed by atoms with Crippen molar-refractivity contribution in [3.05, 3.63) is 22.8 Å². The molecular formula is C23H29ClO4. The van der Waals surface area contributed by atoms with Gasteiger partial charge in [-0.3, -0.25) is 14.4 Å². The largest absolute Gasteiger partial charge is 0.451 e. The fourth-order valence-corrected chi connectivity index (χ4v) is 7.55. The first-order valence-electron chi connectivity index (χ1n) is 10.4. The van der Waals surface area contributed by atoms with Crippen molar-refractivity contribution in [1.29, 1.82) is 0 Å². The van der Waals surface area contributed by atoms with Crippen LogP contribution >= 0.6 is 11.6 Å². The Balaban J connectivity index is 1.79. The number of allylic oxidation sites excluding steroid dienone is 4. The molecule has 4 aliphatic rings. The fourth-order valence-electron chi connectivity index (χ4n) is 7.13. The second-order valence-corrected chi connectivity index (χ2v) is 10.1. The summed E-state index contributed by atoms with van der Waals surface area (Å²) in [5.74, 6) is 0.584. The number of esters is 1. The second kappa shape index (κ2) is 6.29. The van der Waals surface area contributed by atoms with Crippen molar-refractivity contribution in [3.63, 3.8) is 0 Å². The molecule has 2 saturated carbocycles. The highest BCUT2D eigenvalue weighted by Gasteiger charge is 2.67. The summed E-state index contributed by atoms with van der Waals surface area (Å²) in [6.45, 7) is 7.33. The zero-order chi connectivity index (χ0) is 20.5. The lowest BCUT2D eigenvalue weighted by Crippen LogP contribution is -2.58. The summed E-state index contributed by atoms with van der Waals surface area (Å²) < 4.78 is 5.79. The molecule has 0 aromatic rings. The van der Waals surface area contributed by atoms with E-state index >= 15 is 0 Å². The summed E-state index contributed by atoms with van der Waals surface area (Å²) >= 11 is 6.71. The normalized spacial score (nSPS) is 44.6. The monoisotopic (exact) mass is 404 g/mol. The zero-order valence-electron chi connectivity index (χ0n) is 17.1. The van der Waals surface area contributed by atoms with E-state index in [-0.39, 0.29) is 40.2 Å². The number of Topliss-reactive ketones (excluding diaryl/α,β-unsaturated/α-hetero) is 1. The quantitative estimate of drug-likeness (QED) is 0.623. The van der Waals surface area contributed by atoms with Crippen molar-refractivity contribution in [2.75, 3.05) is 0 Å². The lowest BCUT2D eigenvalue weighted by molar-refractivity contribution is -0.185. The molecular weight excluding hydrogens is 376 g/mol. The SMILES string of the molecule is CC(=O)OC1(C(C)=O)CC[C@H]2[C@@H]3C=C(Cl)C4=CC(=O)CC[C@]4(C)[C@@H]3CC[C@@]21C. The first-order chi connectivity index (χ1) is 13.0. The first-order valence-corrected chi connectivity index (χ1v) is 10.8. The minimum absolute atomic E-state index is 0.0490. The van der Waals surface area contributed by atoms with Gasteiger partial charge in [0, 0.05) is 23.8 Å². The highest BCUT2D eigenvalue weighted by Crippen LogP contribution is 2.68. The molecule has 4 rings (SSSR count). The maximum atomic E-state index is 12.7. The molecule has 0 heterocycles. The summed E-state index contributed by atoms with van der Waals surface area (Å²) in [5.41, 5.74) is -0.532. The van der Waals surface area contributed by atoms with Crippen LogP contribution in [0, 0.1) is 28.6 Å². The third kappa shape index (κ3) is 2.46. The van der Waals surface area contributed by atoms with Gasteiger partial charge in [-0.1, -0.05) is 31.5 Å². The molecule has 0 aromatic heterocycles. The van der Waals surface area contributed by atoms with Crippen LogP contribution in [0.1, 0.15) is 66.2 Å². The third-order valence-electron chi connectivity index (χ3n) is 8.56. The maximum absolute atomic E-state index is 12.7. The van der Waals surface area contributed by atoms with Gasteiger partial charge in [0.15, 0.2) is 17.2 Å². The van der Waals surface area contributed by atoms with Crippen LogP contribution in [-0.2, 0) is 19.1 Å². The van der Waals surface area contributed by atoms with Gasteiger partial charge in [-0.05, 0) is 73.8 Å². The van der Waals surface area contributed by atoms with Crippen LogP contribution in [0.15, 0.2) is 22.8 Å². The molecule has 4 aliphatic carbocycles. The average Bonchev–Trinajstić information content (AvgIpc) is 2.90. The smallest absolute Gasteiger partial charge is 0.303 e. The van der Waals surface area contributed by atoms with Crippen LogP contribution in [0.2, 0.25) is 0 Å². The lowest BCUT2D eigenvalue weighted by Gasteiger charge is -2.57. The molecule has 0 aliphatic heterocycles. The summed E-state index contributed by atoms with van der Waals surface area (Å²) in [7, 11) is 0. The van der Waals surface area contributed by atoms with E-state index in [4.69, 9.17) is 16.3 Å². The highest BCUT2D eigenvalue weighted by molar-refractivity contribution is 6.32. The Bertz CT molecular complexity index is 826. The summed E-state index contributed by atoms with van der Waals surface area (Å²) in [6, 6.07) is 0. The van der Waals surface area contributed by atoms with Gasteiger partial charge in [0.1, 0.15) is 0 Å². The Morgan fingerprint density at radius 3 is 2.43 bits per heavy atom. The molecule has 0 aromatic carbocycles. The van der Waals surface area contributed by atoms with E-state index in [1.165, 1.54) is 6.92 Å². The molecule has 0 bridgehead atoms. The Kier molecular flexibility index (Phi) is 4.46. The number of hydrogen-bond acceptors (Lipinski definition) is 4. The molecule has 28 heavy (non-hydrogen) atoms. The fraction of sp³-hybridized carbons (Fsp3) is 0.696. The lowest BCUT2D eigenvalue weighted by atomic mass is 9.48. The van der Waals surface area contributed by atoms with Gasteiger partial charge in [-0.25, -0.2) is 0 Å². The number of carbonyl (C=O) groups excluding carboxylic acids is 3. The van der Waals surface area contributed by atoms with Crippen molar-refractivity contribution < 1.29 is 19.1 Å². The van der Waals surface area contributed by atoms with Crippen molar-refractivity contribution in [2.24, 2.45) is 28.6 Å². The number of halogens is 1. The number of hydrogen-bond donors (Lipinski definition) is 0. The van der Waals surface area contributed by atoms with Gasteiger partial charge in [-0.15, -0.1) is 0 Å². The predicted octanol–water partition coefficient (Wildman–Crippen LogP) is 4.75. The minimum Gasteiger partial charge on any atom is -0.451 e. The van der Waals surface area contributed by atoms with Gasteiger partial charge in [-0.2, -0.15) is 0 Å². The van der Waals surface area contributed by atoms with Gasteiger partial charge < -0.3 is 4.74 Å². The Morgan fingerprint density at radius 2 is 1.79 bits per heavy atom. The Labute approximate surface area is 171 Å². The van der Waals surface area contributed by atoms with Crippen LogP contribution in [-0.4, -0.2) is 23.1 Å². The van der Waals surface area contributed by atoms with E-state index in [9.17, 15) is 14.4 Å². The number of ketones is 2. The van der Waals surface area contributed by atoms with Crippen molar-refractivity contribution >= 4 is 29.1 Å². The van der Waals surface area contributed by atoms with E-state index in [1.54, 1.807) is 13.0 Å². The number of carbonyl (C=O) groups is 3. The molecule has 2 fully saturated rings. The molecule has 4 nitrogen and oxygen atoms in total. The van der Waals surface area contributed by atoms with E-state index in [1.807, 2.05) is 0 Å². The van der Waals surface area contributed by atoms with Crippen LogP contribution in [0.4, 0.5) is 0 Å². The van der Waals surface area contributed by atoms with Crippen LogP contribution < -0.4 is 0 Å². The van der Waals surface area contributed by atoms with Gasteiger partial charge in [0.25, 0.3) is 0 Å². The van der Waals surface area contributed by atoms with Crippen LogP contribution in [0.5, 0.6) is 0 Å². The number of rotatable bonds is 2. The van der Waals surface area contributed by atoms with E-state index in [0.29, 0.717) is 23.8 Å². The predicted molar refractivity (Wildman–Crippen MR) is 107 cm³/mol. The van der Waals surface area contributed by atoms with Crippen molar-refractivity contribution in [2.45, 2.75) is 71.8 Å². The van der Waals surface area contributed by atoms with E-state index in [0.717, 1.165) is 31.3 Å². The molecule has 0 radical (unpaired) electrons. The molecule has 0 saturated heterocycles. The Morgan fingerprint density at radius 1 is 1.11 bits per heavy atom. The first kappa shape index (κ1) is 19.9. The standard InChI is InChI=1S/C23H29ClO4/c1-13(25)23(28-14(2)26)10-7-18-16-12-20(24)19-11-15(27)5-8-21(19,3)17(16)6-9-22(18,23)4/h11-12,16-18H,5-10H2,1-4H3/t16-,17-,18+,21-,22+,23?/m1/s1. The topological polar surface area (TPSA) is 60.4 Å². The zero-order valence-corrected chi connectivity index (χ0v) is 17.9. The molecule has 152 valence electrons. The molecule has 6 atom stereocenters. The van der Waals surface area contributed by atoms with Crippen LogP contribution in [0.25, 0.3) is 0 Å². The average molecular weight is 405 g/mol. The molecule has 0 amide bonds. The number of ether oxygens (including phenoxy) is 1. The summed E-state index contributed by atoms with van der Waals surface area (Å²) in [5, 5.41) is 0.689.